The Morgan fingerprint density at radius 2 is 0.880 bits per heavy atom. The largest absolute Gasteiger partial charge is 0.300 e. The highest BCUT2D eigenvalue weighted by molar-refractivity contribution is 7.99. The Kier molecular flexibility index (Phi) is 19.8. The van der Waals surface area contributed by atoms with Crippen molar-refractivity contribution in [2.75, 3.05) is 11.5 Å². The molecule has 0 bridgehead atoms. The van der Waals surface area contributed by atoms with Crippen LogP contribution >= 0.6 is 11.8 Å². The van der Waals surface area contributed by atoms with Crippen LogP contribution in [0.15, 0.2) is 0 Å². The van der Waals surface area contributed by atoms with Crippen LogP contribution < -0.4 is 0 Å². The molecular formula is C22H42O2S. The zero-order valence-electron chi connectivity index (χ0n) is 17.0. The minimum Gasteiger partial charge on any atom is -0.300 e. The maximum atomic E-state index is 11.8. The number of carbonyl (C=O) groups is 2. The van der Waals surface area contributed by atoms with E-state index in [-0.39, 0.29) is 0 Å². The van der Waals surface area contributed by atoms with Gasteiger partial charge in [0, 0.05) is 37.2 Å². The van der Waals surface area contributed by atoms with Crippen molar-refractivity contribution in [2.45, 2.75) is 117 Å². The van der Waals surface area contributed by atoms with Gasteiger partial charge in [-0.2, -0.15) is 11.8 Å². The number of Topliss-reactive ketones (excluding diaryl/α,β-unsaturated/α-hetero) is 2. The fourth-order valence-corrected chi connectivity index (χ4v) is 3.88. The molecule has 0 aliphatic heterocycles. The van der Waals surface area contributed by atoms with Crippen LogP contribution in [0.1, 0.15) is 117 Å². The van der Waals surface area contributed by atoms with Crippen molar-refractivity contribution in [1.29, 1.82) is 0 Å². The molecule has 0 rings (SSSR count). The molecule has 0 aliphatic rings. The second kappa shape index (κ2) is 20.0. The summed E-state index contributed by atoms with van der Waals surface area (Å²) >= 11 is 1.77. The van der Waals surface area contributed by atoms with Crippen LogP contribution in [0.5, 0.6) is 0 Å². The number of rotatable bonds is 20. The summed E-state index contributed by atoms with van der Waals surface area (Å²) in [5.41, 5.74) is 0. The molecule has 0 amide bonds. The molecule has 0 aromatic carbocycles. The lowest BCUT2D eigenvalue weighted by Crippen LogP contribution is -2.02. The zero-order chi connectivity index (χ0) is 18.6. The second-order valence-corrected chi connectivity index (χ2v) is 8.45. The van der Waals surface area contributed by atoms with Crippen molar-refractivity contribution in [3.05, 3.63) is 0 Å². The lowest BCUT2D eigenvalue weighted by molar-refractivity contribution is -0.119. The molecule has 0 unspecified atom stereocenters. The molecule has 0 spiro atoms. The Balaban J connectivity index is 3.30. The Morgan fingerprint density at radius 3 is 1.28 bits per heavy atom. The Bertz CT molecular complexity index is 285. The molecule has 0 aromatic heterocycles. The summed E-state index contributed by atoms with van der Waals surface area (Å²) in [6.45, 7) is 4.45. The lowest BCUT2D eigenvalue weighted by Gasteiger charge is -2.03. The first-order valence-electron chi connectivity index (χ1n) is 10.8. The average molecular weight is 371 g/mol. The first kappa shape index (κ1) is 24.7. The first-order valence-corrected chi connectivity index (χ1v) is 12.0. The van der Waals surface area contributed by atoms with Gasteiger partial charge in [-0.15, -0.1) is 0 Å². The van der Waals surface area contributed by atoms with E-state index in [9.17, 15) is 9.59 Å². The Labute approximate surface area is 161 Å². The van der Waals surface area contributed by atoms with Gasteiger partial charge >= 0.3 is 0 Å². The van der Waals surface area contributed by atoms with E-state index in [2.05, 4.69) is 13.8 Å². The summed E-state index contributed by atoms with van der Waals surface area (Å²) < 4.78 is 0. The molecule has 0 N–H and O–H groups in total. The molecular weight excluding hydrogens is 328 g/mol. The zero-order valence-corrected chi connectivity index (χ0v) is 17.8. The number of carbonyl (C=O) groups excluding carboxylic acids is 2. The highest BCUT2D eigenvalue weighted by Gasteiger charge is 2.04. The van der Waals surface area contributed by atoms with Crippen LogP contribution in [0.4, 0.5) is 0 Å². The minimum absolute atomic E-state index is 0.404. The summed E-state index contributed by atoms with van der Waals surface area (Å²) in [5.74, 6) is 2.58. The molecule has 0 aliphatic carbocycles. The van der Waals surface area contributed by atoms with Gasteiger partial charge in [-0.3, -0.25) is 9.59 Å². The number of ketones is 2. The van der Waals surface area contributed by atoms with Gasteiger partial charge in [0.2, 0.25) is 0 Å². The van der Waals surface area contributed by atoms with E-state index >= 15 is 0 Å². The maximum Gasteiger partial charge on any atom is 0.133 e. The summed E-state index contributed by atoms with van der Waals surface area (Å²) in [7, 11) is 0. The van der Waals surface area contributed by atoms with Gasteiger partial charge in [-0.25, -0.2) is 0 Å². The summed E-state index contributed by atoms with van der Waals surface area (Å²) in [6, 6.07) is 0. The number of unbranched alkanes of at least 4 members (excludes halogenated alkanes) is 10. The first-order chi connectivity index (χ1) is 12.2. The van der Waals surface area contributed by atoms with Gasteiger partial charge in [0.1, 0.15) is 11.6 Å². The number of hydrogen-bond donors (Lipinski definition) is 0. The van der Waals surface area contributed by atoms with Crippen LogP contribution in [0.25, 0.3) is 0 Å². The van der Waals surface area contributed by atoms with E-state index < -0.39 is 0 Å². The molecule has 0 saturated heterocycles. The van der Waals surface area contributed by atoms with Crippen molar-refractivity contribution in [2.24, 2.45) is 0 Å². The Hall–Kier alpha value is -0.310. The van der Waals surface area contributed by atoms with Gasteiger partial charge in [-0.05, 0) is 12.8 Å². The molecule has 0 atom stereocenters. The highest BCUT2D eigenvalue weighted by atomic mass is 32.2. The van der Waals surface area contributed by atoms with E-state index in [0.29, 0.717) is 24.4 Å². The van der Waals surface area contributed by atoms with Gasteiger partial charge < -0.3 is 0 Å². The van der Waals surface area contributed by atoms with E-state index in [1.54, 1.807) is 11.8 Å². The third-order valence-electron chi connectivity index (χ3n) is 4.67. The SMILES string of the molecule is CCCCCCCCC(=O)CCSCCC(=O)CCCCCCCC. The lowest BCUT2D eigenvalue weighted by atomic mass is 10.1. The summed E-state index contributed by atoms with van der Waals surface area (Å²) in [6.07, 6.45) is 17.8. The maximum absolute atomic E-state index is 11.8. The van der Waals surface area contributed by atoms with E-state index in [4.69, 9.17) is 0 Å². The third kappa shape index (κ3) is 19.9. The average Bonchev–Trinajstić information content (AvgIpc) is 2.60. The molecule has 0 fully saturated rings. The predicted octanol–water partition coefficient (Wildman–Crippen LogP) is 7.14. The van der Waals surface area contributed by atoms with Crippen molar-refractivity contribution in [1.82, 2.24) is 0 Å². The predicted molar refractivity (Wildman–Crippen MR) is 113 cm³/mol. The van der Waals surface area contributed by atoms with Crippen molar-refractivity contribution < 1.29 is 9.59 Å². The van der Waals surface area contributed by atoms with Gasteiger partial charge in [-0.1, -0.05) is 78.1 Å². The topological polar surface area (TPSA) is 34.1 Å². The van der Waals surface area contributed by atoms with Crippen molar-refractivity contribution in [3.8, 4) is 0 Å². The van der Waals surface area contributed by atoms with Crippen LogP contribution in [0.3, 0.4) is 0 Å². The van der Waals surface area contributed by atoms with Crippen LogP contribution in [0, 0.1) is 0 Å². The molecule has 0 heterocycles. The van der Waals surface area contributed by atoms with Gasteiger partial charge in [0.05, 0.1) is 0 Å². The second-order valence-electron chi connectivity index (χ2n) is 7.23. The minimum atomic E-state index is 0.404. The molecule has 25 heavy (non-hydrogen) atoms. The van der Waals surface area contributed by atoms with Crippen LogP contribution in [-0.4, -0.2) is 23.1 Å². The van der Waals surface area contributed by atoms with E-state index in [1.807, 2.05) is 0 Å². The summed E-state index contributed by atoms with van der Waals surface area (Å²) in [5, 5.41) is 0. The monoisotopic (exact) mass is 370 g/mol. The molecule has 0 saturated carbocycles. The normalized spacial score (nSPS) is 11.0. The van der Waals surface area contributed by atoms with E-state index in [1.165, 1.54) is 64.2 Å². The third-order valence-corrected chi connectivity index (χ3v) is 5.65. The molecule has 148 valence electrons. The number of hydrogen-bond acceptors (Lipinski definition) is 3. The molecule has 0 aromatic rings. The van der Waals surface area contributed by atoms with Gasteiger partial charge in [0.25, 0.3) is 0 Å². The van der Waals surface area contributed by atoms with Crippen molar-refractivity contribution >= 4 is 23.3 Å². The van der Waals surface area contributed by atoms with Crippen LogP contribution in [0.2, 0.25) is 0 Å². The molecule has 3 heteroatoms. The van der Waals surface area contributed by atoms with Crippen LogP contribution in [-0.2, 0) is 9.59 Å². The van der Waals surface area contributed by atoms with E-state index in [0.717, 1.165) is 37.2 Å². The fourth-order valence-electron chi connectivity index (χ4n) is 2.93. The summed E-state index contributed by atoms with van der Waals surface area (Å²) in [4.78, 5) is 23.6. The smallest absolute Gasteiger partial charge is 0.133 e. The standard InChI is InChI=1S/C22H42O2S/c1-3-5-7-9-11-13-15-21(23)17-19-25-20-18-22(24)16-14-12-10-8-6-4-2/h3-20H2,1-2H3. The molecule has 2 nitrogen and oxygen atoms in total. The highest BCUT2D eigenvalue weighted by Crippen LogP contribution is 2.12. The quantitative estimate of drug-likeness (QED) is 0.214. The Morgan fingerprint density at radius 1 is 0.520 bits per heavy atom. The molecule has 0 radical (unpaired) electrons. The number of thioether (sulfide) groups is 1. The fraction of sp³-hybridized carbons (Fsp3) is 0.909. The van der Waals surface area contributed by atoms with Gasteiger partial charge in [0.15, 0.2) is 0 Å². The van der Waals surface area contributed by atoms with Crippen molar-refractivity contribution in [3.63, 3.8) is 0 Å².